The minimum absolute atomic E-state index is 0.110. The Morgan fingerprint density at radius 2 is 1.89 bits per heavy atom. The maximum Gasteiger partial charge on any atom is 0.179 e. The number of carbonyl (C=O) groups excluding carboxylic acids is 1. The molecule has 0 spiro atoms. The van der Waals surface area contributed by atoms with Gasteiger partial charge in [0.15, 0.2) is 5.78 Å². The van der Waals surface area contributed by atoms with Gasteiger partial charge in [-0.05, 0) is 44.0 Å². The fourth-order valence-electron chi connectivity index (χ4n) is 2.53. The van der Waals surface area contributed by atoms with Crippen LogP contribution in [-0.2, 0) is 0 Å². The number of hydrogen-bond donors (Lipinski definition) is 1. The van der Waals surface area contributed by atoms with Crippen LogP contribution < -0.4 is 10.1 Å². The Balaban J connectivity index is 1.95. The van der Waals surface area contributed by atoms with E-state index in [1.54, 1.807) is 7.11 Å². The van der Waals surface area contributed by atoms with Crippen molar-refractivity contribution in [2.45, 2.75) is 44.7 Å². The first kappa shape index (κ1) is 13.1. The van der Waals surface area contributed by atoms with E-state index in [1.165, 1.54) is 25.7 Å². The number of nitrogens with one attached hydrogen (secondary N) is 1. The van der Waals surface area contributed by atoms with Gasteiger partial charge >= 0.3 is 0 Å². The molecule has 3 heteroatoms. The second-order valence-electron chi connectivity index (χ2n) is 4.96. The fourth-order valence-corrected chi connectivity index (χ4v) is 2.53. The van der Waals surface area contributed by atoms with Crippen LogP contribution in [0.3, 0.4) is 0 Å². The van der Waals surface area contributed by atoms with E-state index in [-0.39, 0.29) is 11.8 Å². The average Bonchev–Trinajstić information content (AvgIpc) is 2.91. The summed E-state index contributed by atoms with van der Waals surface area (Å²) in [5.41, 5.74) is 0.744. The van der Waals surface area contributed by atoms with Gasteiger partial charge in [0.2, 0.25) is 0 Å². The molecule has 1 aromatic carbocycles. The summed E-state index contributed by atoms with van der Waals surface area (Å²) in [7, 11) is 1.63. The molecule has 0 heterocycles. The van der Waals surface area contributed by atoms with Crippen LogP contribution in [0.2, 0.25) is 0 Å². The zero-order valence-corrected chi connectivity index (χ0v) is 11.1. The van der Waals surface area contributed by atoms with Crippen molar-refractivity contribution in [3.05, 3.63) is 29.8 Å². The molecule has 1 atom stereocenters. The van der Waals surface area contributed by atoms with Crippen LogP contribution in [0.15, 0.2) is 24.3 Å². The third kappa shape index (κ3) is 3.10. The van der Waals surface area contributed by atoms with Gasteiger partial charge in [-0.2, -0.15) is 0 Å². The average molecular weight is 247 g/mol. The summed E-state index contributed by atoms with van der Waals surface area (Å²) >= 11 is 0. The summed E-state index contributed by atoms with van der Waals surface area (Å²) in [6.07, 6.45) is 4.95. The highest BCUT2D eigenvalue weighted by atomic mass is 16.5. The van der Waals surface area contributed by atoms with Crippen LogP contribution in [0.5, 0.6) is 5.75 Å². The van der Waals surface area contributed by atoms with Gasteiger partial charge in [0.05, 0.1) is 13.2 Å². The Bertz CT molecular complexity index is 393. The molecule has 1 saturated carbocycles. The number of ether oxygens (including phenoxy) is 1. The molecule has 1 aliphatic rings. The summed E-state index contributed by atoms with van der Waals surface area (Å²) < 4.78 is 5.09. The minimum atomic E-state index is -0.110. The molecule has 1 aliphatic carbocycles. The Kier molecular flexibility index (Phi) is 4.37. The van der Waals surface area contributed by atoms with E-state index in [9.17, 15) is 4.79 Å². The van der Waals surface area contributed by atoms with Crippen molar-refractivity contribution in [3.8, 4) is 5.75 Å². The summed E-state index contributed by atoms with van der Waals surface area (Å²) in [5, 5.41) is 3.42. The summed E-state index contributed by atoms with van der Waals surface area (Å²) in [4.78, 5) is 12.2. The van der Waals surface area contributed by atoms with E-state index in [1.807, 2.05) is 31.2 Å². The third-order valence-corrected chi connectivity index (χ3v) is 3.61. The minimum Gasteiger partial charge on any atom is -0.497 e. The molecule has 0 aromatic heterocycles. The van der Waals surface area contributed by atoms with Gasteiger partial charge in [0, 0.05) is 11.6 Å². The van der Waals surface area contributed by atoms with E-state index in [2.05, 4.69) is 5.32 Å². The van der Waals surface area contributed by atoms with Crippen molar-refractivity contribution < 1.29 is 9.53 Å². The van der Waals surface area contributed by atoms with Gasteiger partial charge < -0.3 is 10.1 Å². The zero-order valence-electron chi connectivity index (χ0n) is 11.1. The first-order valence-corrected chi connectivity index (χ1v) is 6.65. The fraction of sp³-hybridized carbons (Fsp3) is 0.533. The van der Waals surface area contributed by atoms with E-state index < -0.39 is 0 Å². The van der Waals surface area contributed by atoms with Gasteiger partial charge in [0.1, 0.15) is 5.75 Å². The number of methoxy groups -OCH3 is 1. The maximum absolute atomic E-state index is 12.2. The lowest BCUT2D eigenvalue weighted by atomic mass is 10.0. The van der Waals surface area contributed by atoms with Crippen molar-refractivity contribution in [3.63, 3.8) is 0 Å². The van der Waals surface area contributed by atoms with Crippen LogP contribution in [0.4, 0.5) is 0 Å². The standard InChI is InChI=1S/C15H21NO2/c1-11(16-13-5-3-4-6-13)15(17)12-7-9-14(18-2)10-8-12/h7-11,13,16H,3-6H2,1-2H3. The lowest BCUT2D eigenvalue weighted by Gasteiger charge is -2.18. The number of Topliss-reactive ketones (excluding diaryl/α,β-unsaturated/α-hetero) is 1. The van der Waals surface area contributed by atoms with Gasteiger partial charge in [0.25, 0.3) is 0 Å². The molecule has 18 heavy (non-hydrogen) atoms. The number of hydrogen-bond acceptors (Lipinski definition) is 3. The molecule has 0 radical (unpaired) electrons. The molecule has 0 amide bonds. The highest BCUT2D eigenvalue weighted by Crippen LogP contribution is 2.19. The number of carbonyl (C=O) groups is 1. The molecular weight excluding hydrogens is 226 g/mol. The van der Waals surface area contributed by atoms with Crippen LogP contribution in [-0.4, -0.2) is 25.0 Å². The molecule has 1 aromatic rings. The van der Waals surface area contributed by atoms with Gasteiger partial charge in [-0.1, -0.05) is 12.8 Å². The van der Waals surface area contributed by atoms with Crippen molar-refractivity contribution in [2.24, 2.45) is 0 Å². The van der Waals surface area contributed by atoms with Gasteiger partial charge in [-0.3, -0.25) is 4.79 Å². The van der Waals surface area contributed by atoms with E-state index in [4.69, 9.17) is 4.74 Å². The quantitative estimate of drug-likeness (QED) is 0.813. The van der Waals surface area contributed by atoms with Crippen LogP contribution >= 0.6 is 0 Å². The second kappa shape index (κ2) is 6.01. The summed E-state index contributed by atoms with van der Waals surface area (Å²) in [6, 6.07) is 7.72. The predicted octanol–water partition coefficient (Wildman–Crippen LogP) is 2.80. The highest BCUT2D eigenvalue weighted by Gasteiger charge is 2.21. The van der Waals surface area contributed by atoms with Crippen molar-refractivity contribution in [1.29, 1.82) is 0 Å². The van der Waals surface area contributed by atoms with E-state index in [0.29, 0.717) is 6.04 Å². The normalized spacial score (nSPS) is 17.7. The van der Waals surface area contributed by atoms with E-state index >= 15 is 0 Å². The number of benzene rings is 1. The molecule has 98 valence electrons. The largest absolute Gasteiger partial charge is 0.497 e. The molecule has 1 N–H and O–H groups in total. The number of rotatable bonds is 5. The van der Waals surface area contributed by atoms with Crippen molar-refractivity contribution in [2.75, 3.05) is 7.11 Å². The van der Waals surface area contributed by atoms with Crippen molar-refractivity contribution >= 4 is 5.78 Å². The Labute approximate surface area is 109 Å². The molecule has 1 unspecified atom stereocenters. The van der Waals surface area contributed by atoms with Gasteiger partial charge in [-0.25, -0.2) is 0 Å². The first-order chi connectivity index (χ1) is 8.70. The monoisotopic (exact) mass is 247 g/mol. The molecule has 2 rings (SSSR count). The molecular formula is C15H21NO2. The third-order valence-electron chi connectivity index (χ3n) is 3.61. The highest BCUT2D eigenvalue weighted by molar-refractivity contribution is 5.99. The molecule has 0 bridgehead atoms. The van der Waals surface area contributed by atoms with Gasteiger partial charge in [-0.15, -0.1) is 0 Å². The Hall–Kier alpha value is -1.35. The molecule has 0 aliphatic heterocycles. The molecule has 0 saturated heterocycles. The second-order valence-corrected chi connectivity index (χ2v) is 4.96. The van der Waals surface area contributed by atoms with Crippen molar-refractivity contribution in [1.82, 2.24) is 5.32 Å². The zero-order chi connectivity index (χ0) is 13.0. The molecule has 1 fully saturated rings. The SMILES string of the molecule is COc1ccc(C(=O)C(C)NC2CCCC2)cc1. The summed E-state index contributed by atoms with van der Waals surface area (Å²) in [5.74, 6) is 0.938. The van der Waals surface area contributed by atoms with E-state index in [0.717, 1.165) is 11.3 Å². The lowest BCUT2D eigenvalue weighted by Crippen LogP contribution is -2.40. The van der Waals surface area contributed by atoms with Crippen LogP contribution in [0.25, 0.3) is 0 Å². The first-order valence-electron chi connectivity index (χ1n) is 6.65. The molecule has 3 nitrogen and oxygen atoms in total. The maximum atomic E-state index is 12.2. The Morgan fingerprint density at radius 3 is 2.44 bits per heavy atom. The smallest absolute Gasteiger partial charge is 0.179 e. The van der Waals surface area contributed by atoms with Crippen LogP contribution in [0, 0.1) is 0 Å². The number of ketones is 1. The summed E-state index contributed by atoms with van der Waals surface area (Å²) in [6.45, 7) is 1.95. The Morgan fingerprint density at radius 1 is 1.28 bits per heavy atom. The topological polar surface area (TPSA) is 38.3 Å². The lowest BCUT2D eigenvalue weighted by molar-refractivity contribution is 0.0944. The predicted molar refractivity (Wildman–Crippen MR) is 72.2 cm³/mol. The van der Waals surface area contributed by atoms with Crippen LogP contribution in [0.1, 0.15) is 43.0 Å².